The normalized spacial score (nSPS) is 19.8. The van der Waals surface area contributed by atoms with Crippen LogP contribution in [0.4, 0.5) is 0 Å². The maximum atomic E-state index is 12.6. The van der Waals surface area contributed by atoms with Crippen LogP contribution >= 0.6 is 0 Å². The maximum Gasteiger partial charge on any atom is 0.243 e. The standard InChI is InChI=1S/C27H33N3O2/c1-19-9-14-23(15-10-19)26(31)27-28-24(32-29-27)18-13-20-11-16-22(17-12-20)25(30(2)3)21-7-5-4-6-8-21/h4-10,14-15,20,22,25H,11-13,16-18H2,1-3H3. The minimum absolute atomic E-state index is 0.157. The first-order valence-corrected chi connectivity index (χ1v) is 11.7. The van der Waals surface area contributed by atoms with Crippen LogP contribution in [0.1, 0.15) is 71.3 Å². The molecule has 1 aromatic heterocycles. The Balaban J connectivity index is 1.29. The number of benzene rings is 2. The van der Waals surface area contributed by atoms with E-state index in [-0.39, 0.29) is 11.6 Å². The number of carbonyl (C=O) groups excluding carboxylic acids is 1. The smallest absolute Gasteiger partial charge is 0.243 e. The van der Waals surface area contributed by atoms with E-state index >= 15 is 0 Å². The van der Waals surface area contributed by atoms with Crippen LogP contribution in [0.3, 0.4) is 0 Å². The van der Waals surface area contributed by atoms with Crippen molar-refractivity contribution in [2.24, 2.45) is 11.8 Å². The SMILES string of the molecule is Cc1ccc(C(=O)c2noc(CCC3CCC(C(c4ccccc4)N(C)C)CC3)n2)cc1. The molecule has 0 aliphatic heterocycles. The van der Waals surface area contributed by atoms with Gasteiger partial charge in [-0.05, 0) is 57.7 Å². The molecule has 5 heteroatoms. The first kappa shape index (κ1) is 22.4. The van der Waals surface area contributed by atoms with E-state index in [1.165, 1.54) is 31.2 Å². The summed E-state index contributed by atoms with van der Waals surface area (Å²) < 4.78 is 5.38. The summed E-state index contributed by atoms with van der Waals surface area (Å²) in [6.07, 6.45) is 6.70. The third-order valence-electron chi connectivity index (χ3n) is 6.79. The molecule has 1 atom stereocenters. The lowest BCUT2D eigenvalue weighted by molar-refractivity contribution is 0.102. The van der Waals surface area contributed by atoms with Gasteiger partial charge < -0.3 is 9.42 Å². The van der Waals surface area contributed by atoms with Crippen LogP contribution in [-0.2, 0) is 6.42 Å². The van der Waals surface area contributed by atoms with Gasteiger partial charge >= 0.3 is 0 Å². The van der Waals surface area contributed by atoms with Gasteiger partial charge in [-0.15, -0.1) is 0 Å². The van der Waals surface area contributed by atoms with Gasteiger partial charge in [0, 0.05) is 18.0 Å². The molecule has 1 aliphatic rings. The van der Waals surface area contributed by atoms with E-state index in [9.17, 15) is 4.79 Å². The number of ketones is 1. The summed E-state index contributed by atoms with van der Waals surface area (Å²) in [5.74, 6) is 1.90. The molecule has 5 nitrogen and oxygen atoms in total. The first-order chi connectivity index (χ1) is 15.5. The van der Waals surface area contributed by atoms with Crippen molar-refractivity contribution in [2.75, 3.05) is 14.1 Å². The van der Waals surface area contributed by atoms with Crippen molar-refractivity contribution in [3.8, 4) is 0 Å². The van der Waals surface area contributed by atoms with Gasteiger partial charge in [0.05, 0.1) is 0 Å². The number of hydrogen-bond donors (Lipinski definition) is 0. The summed E-state index contributed by atoms with van der Waals surface area (Å²) in [4.78, 5) is 19.3. The van der Waals surface area contributed by atoms with Crippen LogP contribution in [0.25, 0.3) is 0 Å². The number of carbonyl (C=O) groups is 1. The van der Waals surface area contributed by atoms with Crippen molar-refractivity contribution in [3.05, 3.63) is 83.0 Å². The van der Waals surface area contributed by atoms with Gasteiger partial charge in [0.25, 0.3) is 0 Å². The summed E-state index contributed by atoms with van der Waals surface area (Å²) in [5.41, 5.74) is 3.12. The van der Waals surface area contributed by atoms with Crippen LogP contribution in [0, 0.1) is 18.8 Å². The Bertz CT molecular complexity index is 1000. The highest BCUT2D eigenvalue weighted by Crippen LogP contribution is 2.40. The van der Waals surface area contributed by atoms with Crippen LogP contribution in [-0.4, -0.2) is 34.9 Å². The molecule has 32 heavy (non-hydrogen) atoms. The highest BCUT2D eigenvalue weighted by atomic mass is 16.5. The molecule has 3 aromatic rings. The summed E-state index contributed by atoms with van der Waals surface area (Å²) in [5, 5.41) is 3.93. The van der Waals surface area contributed by atoms with Crippen molar-refractivity contribution in [1.82, 2.24) is 15.0 Å². The summed E-state index contributed by atoms with van der Waals surface area (Å²) in [6, 6.07) is 18.8. The van der Waals surface area contributed by atoms with Gasteiger partial charge in [0.2, 0.25) is 17.5 Å². The predicted molar refractivity (Wildman–Crippen MR) is 126 cm³/mol. The number of aryl methyl sites for hydroxylation is 2. The van der Waals surface area contributed by atoms with Gasteiger partial charge in [-0.3, -0.25) is 4.79 Å². The van der Waals surface area contributed by atoms with Gasteiger partial charge in [0.1, 0.15) is 0 Å². The largest absolute Gasteiger partial charge is 0.339 e. The average molecular weight is 432 g/mol. The van der Waals surface area contributed by atoms with Crippen molar-refractivity contribution >= 4 is 5.78 Å². The van der Waals surface area contributed by atoms with Gasteiger partial charge in [-0.25, -0.2) is 0 Å². The Labute approximate surface area is 190 Å². The third kappa shape index (κ3) is 5.33. The fourth-order valence-corrected chi connectivity index (χ4v) is 5.05. The lowest BCUT2D eigenvalue weighted by Crippen LogP contribution is -2.30. The highest BCUT2D eigenvalue weighted by molar-refractivity contribution is 6.06. The van der Waals surface area contributed by atoms with E-state index in [4.69, 9.17) is 4.52 Å². The number of aromatic nitrogens is 2. The molecule has 0 saturated heterocycles. The third-order valence-corrected chi connectivity index (χ3v) is 6.79. The Morgan fingerprint density at radius 3 is 2.38 bits per heavy atom. The zero-order chi connectivity index (χ0) is 22.5. The van der Waals surface area contributed by atoms with Gasteiger partial charge in [-0.2, -0.15) is 4.98 Å². The van der Waals surface area contributed by atoms with Crippen LogP contribution in [0.2, 0.25) is 0 Å². The average Bonchev–Trinajstić information content (AvgIpc) is 3.28. The molecule has 1 unspecified atom stereocenters. The van der Waals surface area contributed by atoms with Crippen LogP contribution < -0.4 is 0 Å². The molecule has 168 valence electrons. The Kier molecular flexibility index (Phi) is 7.15. The summed E-state index contributed by atoms with van der Waals surface area (Å²) in [6.45, 7) is 2.00. The second-order valence-electron chi connectivity index (χ2n) is 9.35. The summed E-state index contributed by atoms with van der Waals surface area (Å²) in [7, 11) is 4.38. The second kappa shape index (κ2) is 10.2. The summed E-state index contributed by atoms with van der Waals surface area (Å²) >= 11 is 0. The Morgan fingerprint density at radius 1 is 1.03 bits per heavy atom. The van der Waals surface area contributed by atoms with E-state index in [0.29, 0.717) is 29.3 Å². The lowest BCUT2D eigenvalue weighted by Gasteiger charge is -2.37. The van der Waals surface area contributed by atoms with E-state index in [1.54, 1.807) is 0 Å². The van der Waals surface area contributed by atoms with E-state index in [0.717, 1.165) is 18.4 Å². The molecule has 1 saturated carbocycles. The molecule has 4 rings (SSSR count). The minimum Gasteiger partial charge on any atom is -0.339 e. The molecule has 0 N–H and O–H groups in total. The fourth-order valence-electron chi connectivity index (χ4n) is 5.05. The molecule has 1 aliphatic carbocycles. The van der Waals surface area contributed by atoms with Gasteiger partial charge in [-0.1, -0.05) is 78.2 Å². The Hall–Kier alpha value is -2.79. The molecule has 2 aromatic carbocycles. The van der Waals surface area contributed by atoms with Crippen LogP contribution in [0.5, 0.6) is 0 Å². The Morgan fingerprint density at radius 2 is 1.72 bits per heavy atom. The first-order valence-electron chi connectivity index (χ1n) is 11.7. The molecule has 0 bridgehead atoms. The number of rotatable bonds is 8. The molecular weight excluding hydrogens is 398 g/mol. The zero-order valence-electron chi connectivity index (χ0n) is 19.3. The van der Waals surface area contributed by atoms with E-state index in [1.807, 2.05) is 31.2 Å². The highest BCUT2D eigenvalue weighted by Gasteiger charge is 2.30. The molecule has 1 fully saturated rings. The number of nitrogens with zero attached hydrogens (tertiary/aromatic N) is 3. The van der Waals surface area contributed by atoms with Crippen LogP contribution in [0.15, 0.2) is 59.1 Å². The van der Waals surface area contributed by atoms with E-state index < -0.39 is 0 Å². The molecule has 0 spiro atoms. The van der Waals surface area contributed by atoms with Crippen molar-refractivity contribution in [1.29, 1.82) is 0 Å². The monoisotopic (exact) mass is 431 g/mol. The van der Waals surface area contributed by atoms with E-state index in [2.05, 4.69) is 59.5 Å². The molecule has 0 amide bonds. The molecule has 0 radical (unpaired) electrons. The van der Waals surface area contributed by atoms with Crippen molar-refractivity contribution in [3.63, 3.8) is 0 Å². The van der Waals surface area contributed by atoms with Crippen molar-refractivity contribution < 1.29 is 9.32 Å². The minimum atomic E-state index is -0.184. The van der Waals surface area contributed by atoms with Gasteiger partial charge in [0.15, 0.2) is 0 Å². The van der Waals surface area contributed by atoms with Crippen molar-refractivity contribution in [2.45, 2.75) is 51.5 Å². The molecule has 1 heterocycles. The lowest BCUT2D eigenvalue weighted by atomic mass is 9.75. The topological polar surface area (TPSA) is 59.2 Å². The predicted octanol–water partition coefficient (Wildman–Crippen LogP) is 5.65. The zero-order valence-corrected chi connectivity index (χ0v) is 19.3. The molecular formula is C27H33N3O2. The maximum absolute atomic E-state index is 12.6. The number of hydrogen-bond acceptors (Lipinski definition) is 5. The fraction of sp³-hybridized carbons (Fsp3) is 0.444. The quantitative estimate of drug-likeness (QED) is 0.431. The second-order valence-corrected chi connectivity index (χ2v) is 9.35.